The summed E-state index contributed by atoms with van der Waals surface area (Å²) in [5, 5.41) is 6.88. The van der Waals surface area contributed by atoms with Crippen LogP contribution in [0.1, 0.15) is 24.0 Å². The Morgan fingerprint density at radius 1 is 0.980 bits per heavy atom. The van der Waals surface area contributed by atoms with E-state index in [1.807, 2.05) is 0 Å². The zero-order valence-corrected chi connectivity index (χ0v) is 28.1. The molecule has 0 unspecified atom stereocenters. The van der Waals surface area contributed by atoms with E-state index in [0.717, 1.165) is 18.3 Å². The number of aryl methyl sites for hydroxylation is 1. The van der Waals surface area contributed by atoms with E-state index < -0.39 is 66.9 Å². The maximum absolute atomic E-state index is 15.0. The molecule has 0 spiro atoms. The van der Waals surface area contributed by atoms with Crippen LogP contribution < -0.4 is 16.4 Å². The highest BCUT2D eigenvalue weighted by Crippen LogP contribution is 2.33. The van der Waals surface area contributed by atoms with Gasteiger partial charge in [0.25, 0.3) is 11.1 Å². The SMILES string of the molecule is COC[C@@H](CCCn1ccc2cc(-c3ncc(C(F)(F)F)cn3)c(F)cc2c1=O)Nc1cnn(COCC[Si](C)(C)C)c(=O)c1C(F)(F)F. The number of aromatic nitrogens is 5. The number of pyridine rings is 1. The Bertz CT molecular complexity index is 1870. The van der Waals surface area contributed by atoms with E-state index in [2.05, 4.69) is 40.0 Å². The largest absolute Gasteiger partial charge is 0.423 e. The average molecular weight is 717 g/mol. The van der Waals surface area contributed by atoms with Crippen molar-refractivity contribution < 1.29 is 40.2 Å². The van der Waals surface area contributed by atoms with Gasteiger partial charge in [-0.25, -0.2) is 19.0 Å². The van der Waals surface area contributed by atoms with Gasteiger partial charge in [-0.3, -0.25) is 9.59 Å². The number of hydrogen-bond donors (Lipinski definition) is 1. The fraction of sp³-hybridized carbons (Fsp3) is 0.452. The molecule has 0 bridgehead atoms. The first kappa shape index (κ1) is 37.7. The van der Waals surface area contributed by atoms with E-state index in [1.165, 1.54) is 30.0 Å². The number of nitrogens with one attached hydrogen (secondary N) is 1. The van der Waals surface area contributed by atoms with E-state index in [0.29, 0.717) is 22.5 Å². The van der Waals surface area contributed by atoms with Gasteiger partial charge >= 0.3 is 12.4 Å². The van der Waals surface area contributed by atoms with Gasteiger partial charge in [-0.2, -0.15) is 31.4 Å². The number of nitrogens with zero attached hydrogens (tertiary/aromatic N) is 5. The number of methoxy groups -OCH3 is 1. The molecule has 18 heteroatoms. The summed E-state index contributed by atoms with van der Waals surface area (Å²) in [4.78, 5) is 33.2. The zero-order valence-electron chi connectivity index (χ0n) is 27.1. The molecule has 4 aromatic rings. The molecule has 4 rings (SSSR count). The van der Waals surface area contributed by atoms with E-state index in [4.69, 9.17) is 9.47 Å². The Morgan fingerprint density at radius 2 is 1.67 bits per heavy atom. The minimum Gasteiger partial charge on any atom is -0.383 e. The third-order valence-corrected chi connectivity index (χ3v) is 9.21. The van der Waals surface area contributed by atoms with Crippen LogP contribution in [0.4, 0.5) is 36.4 Å². The quantitative estimate of drug-likeness (QED) is 0.0906. The molecule has 0 fully saturated rings. The maximum atomic E-state index is 15.0. The number of anilines is 1. The smallest absolute Gasteiger partial charge is 0.383 e. The highest BCUT2D eigenvalue weighted by molar-refractivity contribution is 6.76. The molecule has 3 aromatic heterocycles. The van der Waals surface area contributed by atoms with Gasteiger partial charge in [-0.1, -0.05) is 19.6 Å². The molecule has 0 aliphatic heterocycles. The van der Waals surface area contributed by atoms with Gasteiger partial charge in [0.1, 0.15) is 18.1 Å². The van der Waals surface area contributed by atoms with Gasteiger partial charge < -0.3 is 19.4 Å². The predicted octanol–water partition coefficient (Wildman–Crippen LogP) is 6.41. The summed E-state index contributed by atoms with van der Waals surface area (Å²) >= 11 is 0. The van der Waals surface area contributed by atoms with E-state index in [9.17, 15) is 35.9 Å². The average Bonchev–Trinajstić information content (AvgIpc) is 3.00. The molecule has 10 nitrogen and oxygen atoms in total. The molecule has 0 aliphatic carbocycles. The summed E-state index contributed by atoms with van der Waals surface area (Å²) in [7, 11) is -0.0944. The van der Waals surface area contributed by atoms with Crippen molar-refractivity contribution in [3.8, 4) is 11.4 Å². The van der Waals surface area contributed by atoms with Crippen LogP contribution in [0, 0.1) is 5.82 Å². The van der Waals surface area contributed by atoms with Crippen molar-refractivity contribution in [1.29, 1.82) is 0 Å². The van der Waals surface area contributed by atoms with Crippen LogP contribution in [-0.4, -0.2) is 58.8 Å². The summed E-state index contributed by atoms with van der Waals surface area (Å²) in [5.74, 6) is -1.21. The third kappa shape index (κ3) is 9.72. The standard InChI is InChI=1S/C31H35F7N6O4Si/c1-47-17-21(42-25-16-41-44(18-48-10-11-49(2,3)4)29(46)26(25)31(36,37)38)6-5-8-43-9-7-19-12-23(24(32)13-22(19)28(43)45)27-39-14-20(15-40-27)30(33,34)35/h7,9,12-16,21,42H,5-6,8,10-11,17-18H2,1-4H3/t21-/m1/s1. The number of rotatable bonds is 14. The van der Waals surface area contributed by atoms with Crippen molar-refractivity contribution in [3.63, 3.8) is 0 Å². The molecular formula is C31H35F7N6O4Si. The normalized spacial score (nSPS) is 13.2. The lowest BCUT2D eigenvalue weighted by Crippen LogP contribution is -2.35. The third-order valence-electron chi connectivity index (χ3n) is 7.50. The fourth-order valence-corrected chi connectivity index (χ4v) is 5.64. The Balaban J connectivity index is 1.47. The first-order valence-electron chi connectivity index (χ1n) is 15.1. The van der Waals surface area contributed by atoms with E-state index in [-0.39, 0.29) is 49.4 Å². The summed E-state index contributed by atoms with van der Waals surface area (Å²) in [6.45, 7) is 6.27. The van der Waals surface area contributed by atoms with Gasteiger partial charge in [0.2, 0.25) is 0 Å². The molecule has 0 amide bonds. The highest BCUT2D eigenvalue weighted by Gasteiger charge is 2.39. The lowest BCUT2D eigenvalue weighted by Gasteiger charge is -2.22. The van der Waals surface area contributed by atoms with Crippen molar-refractivity contribution in [2.75, 3.05) is 25.6 Å². The number of alkyl halides is 6. The van der Waals surface area contributed by atoms with Crippen LogP contribution in [0.25, 0.3) is 22.2 Å². The van der Waals surface area contributed by atoms with Crippen molar-refractivity contribution >= 4 is 24.5 Å². The predicted molar refractivity (Wildman–Crippen MR) is 170 cm³/mol. The van der Waals surface area contributed by atoms with Crippen LogP contribution in [0.5, 0.6) is 0 Å². The summed E-state index contributed by atoms with van der Waals surface area (Å²) < 4.78 is 108. The van der Waals surface area contributed by atoms with Gasteiger partial charge in [0.15, 0.2) is 5.82 Å². The van der Waals surface area contributed by atoms with Crippen LogP contribution in [0.3, 0.4) is 0 Å². The van der Waals surface area contributed by atoms with Crippen molar-refractivity contribution in [1.82, 2.24) is 24.3 Å². The number of benzene rings is 1. The van der Waals surface area contributed by atoms with E-state index >= 15 is 4.39 Å². The second kappa shape index (κ2) is 15.2. The van der Waals surface area contributed by atoms with Crippen molar-refractivity contribution in [2.24, 2.45) is 0 Å². The van der Waals surface area contributed by atoms with Crippen LogP contribution >= 0.6 is 0 Å². The van der Waals surface area contributed by atoms with E-state index in [1.54, 1.807) is 0 Å². The first-order valence-corrected chi connectivity index (χ1v) is 18.8. The zero-order chi connectivity index (χ0) is 36.1. The molecule has 0 radical (unpaired) electrons. The Morgan fingerprint density at radius 3 is 2.29 bits per heavy atom. The number of fused-ring (bicyclic) bond motifs is 1. The highest BCUT2D eigenvalue weighted by atomic mass is 28.3. The lowest BCUT2D eigenvalue weighted by molar-refractivity contribution is -0.139. The summed E-state index contributed by atoms with van der Waals surface area (Å²) in [6.07, 6.45) is -5.75. The Labute approximate surface area is 276 Å². The topological polar surface area (TPSA) is 113 Å². The number of ether oxygens (including phenoxy) is 2. The summed E-state index contributed by atoms with van der Waals surface area (Å²) in [5.41, 5.74) is -5.16. The second-order valence-corrected chi connectivity index (χ2v) is 18.2. The number of halogens is 7. The fourth-order valence-electron chi connectivity index (χ4n) is 4.89. The molecule has 1 aromatic carbocycles. The first-order chi connectivity index (χ1) is 22.9. The molecule has 1 atom stereocenters. The monoisotopic (exact) mass is 716 g/mol. The van der Waals surface area contributed by atoms with Gasteiger partial charge in [-0.15, -0.1) is 0 Å². The minimum absolute atomic E-state index is 0.00634. The summed E-state index contributed by atoms with van der Waals surface area (Å²) in [6, 6.07) is 3.77. The number of hydrogen-bond acceptors (Lipinski definition) is 8. The van der Waals surface area contributed by atoms with Gasteiger partial charge in [-0.05, 0) is 42.5 Å². The molecule has 49 heavy (non-hydrogen) atoms. The van der Waals surface area contributed by atoms with Crippen LogP contribution in [0.15, 0.2) is 52.6 Å². The Kier molecular flexibility index (Phi) is 11.7. The lowest BCUT2D eigenvalue weighted by atomic mass is 10.1. The second-order valence-electron chi connectivity index (χ2n) is 12.5. The van der Waals surface area contributed by atoms with Gasteiger partial charge in [0.05, 0.1) is 35.0 Å². The van der Waals surface area contributed by atoms with Crippen molar-refractivity contribution in [3.05, 3.63) is 80.6 Å². The molecule has 3 heterocycles. The van der Waals surface area contributed by atoms with Crippen LogP contribution in [0.2, 0.25) is 25.7 Å². The molecule has 266 valence electrons. The van der Waals surface area contributed by atoms with Gasteiger partial charge in [0, 0.05) is 53.0 Å². The molecule has 1 N–H and O–H groups in total. The minimum atomic E-state index is -4.99. The Hall–Kier alpha value is -4.16. The molecule has 0 aliphatic rings. The molecule has 0 saturated heterocycles. The van der Waals surface area contributed by atoms with Crippen molar-refractivity contribution in [2.45, 2.75) is 70.2 Å². The molecular weight excluding hydrogens is 681 g/mol. The molecule has 0 saturated carbocycles. The maximum Gasteiger partial charge on any atom is 0.423 e. The van der Waals surface area contributed by atoms with Crippen LogP contribution in [-0.2, 0) is 35.1 Å².